The first-order valence-corrected chi connectivity index (χ1v) is 11.7. The van der Waals surface area contributed by atoms with E-state index in [9.17, 15) is 8.78 Å². The van der Waals surface area contributed by atoms with Gasteiger partial charge in [0.25, 0.3) is 0 Å². The molecule has 3 aromatic carbocycles. The topological polar surface area (TPSA) is 30.3 Å². The lowest BCUT2D eigenvalue weighted by molar-refractivity contribution is -0.0508. The van der Waals surface area contributed by atoms with Gasteiger partial charge >= 0.3 is 6.61 Å². The zero-order valence-electron chi connectivity index (χ0n) is 18.1. The monoisotopic (exact) mass is 469 g/mol. The van der Waals surface area contributed by atoms with E-state index in [-0.39, 0.29) is 17.6 Å². The third-order valence-corrected chi connectivity index (χ3v) is 6.70. The van der Waals surface area contributed by atoms with E-state index < -0.39 is 6.61 Å². The quantitative estimate of drug-likeness (QED) is 0.326. The fourth-order valence-electron chi connectivity index (χ4n) is 4.50. The van der Waals surface area contributed by atoms with E-state index in [4.69, 9.17) is 4.74 Å². The molecule has 33 heavy (non-hydrogen) atoms. The number of hydrogen-bond donors (Lipinski definition) is 0. The highest BCUT2D eigenvalue weighted by molar-refractivity contribution is 7.98. The van der Waals surface area contributed by atoms with E-state index in [1.807, 2.05) is 48.2 Å². The zero-order chi connectivity index (χ0) is 23.1. The van der Waals surface area contributed by atoms with Crippen molar-refractivity contribution in [2.45, 2.75) is 24.1 Å². The maximum atomic E-state index is 15.1. The zero-order valence-corrected chi connectivity index (χ0v) is 19.0. The first kappa shape index (κ1) is 21.9. The Hall–Kier alpha value is -2.97. The van der Waals surface area contributed by atoms with Crippen LogP contribution in [0.15, 0.2) is 65.6 Å². The van der Waals surface area contributed by atoms with Crippen molar-refractivity contribution in [3.8, 4) is 16.9 Å². The van der Waals surface area contributed by atoms with Crippen molar-refractivity contribution in [3.05, 3.63) is 77.9 Å². The van der Waals surface area contributed by atoms with Gasteiger partial charge in [0, 0.05) is 28.6 Å². The Kier molecular flexibility index (Phi) is 5.80. The molecule has 0 N–H and O–H groups in total. The van der Waals surface area contributed by atoms with E-state index >= 15 is 4.39 Å². The van der Waals surface area contributed by atoms with Gasteiger partial charge < -0.3 is 9.30 Å². The molecule has 0 bridgehead atoms. The van der Waals surface area contributed by atoms with Gasteiger partial charge in [0.15, 0.2) is 0 Å². The molecule has 8 heteroatoms. The molecule has 0 aliphatic carbocycles. The van der Waals surface area contributed by atoms with E-state index in [1.54, 1.807) is 36.0 Å². The van der Waals surface area contributed by atoms with Crippen LogP contribution in [0.1, 0.15) is 17.4 Å². The summed E-state index contributed by atoms with van der Waals surface area (Å²) in [6.07, 6.45) is 1.99. The second-order valence-corrected chi connectivity index (χ2v) is 8.96. The minimum absolute atomic E-state index is 0.135. The van der Waals surface area contributed by atoms with Gasteiger partial charge in [-0.1, -0.05) is 30.3 Å². The lowest BCUT2D eigenvalue weighted by atomic mass is 10.0. The van der Waals surface area contributed by atoms with E-state index in [0.717, 1.165) is 21.8 Å². The van der Waals surface area contributed by atoms with Crippen molar-refractivity contribution in [2.75, 3.05) is 19.8 Å². The number of imidazole rings is 1. The Morgan fingerprint density at radius 1 is 1.09 bits per heavy atom. The van der Waals surface area contributed by atoms with Gasteiger partial charge in [0.1, 0.15) is 17.4 Å². The lowest BCUT2D eigenvalue weighted by Crippen LogP contribution is -2.35. The van der Waals surface area contributed by atoms with Gasteiger partial charge in [-0.2, -0.15) is 8.78 Å². The third kappa shape index (κ3) is 4.09. The maximum absolute atomic E-state index is 15.1. The number of rotatable bonds is 5. The molecule has 4 aromatic rings. The fraction of sp³-hybridized carbons (Fsp3) is 0.240. The summed E-state index contributed by atoms with van der Waals surface area (Å²) in [6, 6.07) is 17.5. The van der Waals surface area contributed by atoms with Gasteiger partial charge in [-0.05, 0) is 43.1 Å². The highest BCUT2D eigenvalue weighted by Crippen LogP contribution is 2.38. The summed E-state index contributed by atoms with van der Waals surface area (Å²) in [5, 5.41) is 0. The van der Waals surface area contributed by atoms with Crippen molar-refractivity contribution in [2.24, 2.45) is 0 Å². The number of likely N-dealkylation sites (N-methyl/N-ethyl adjacent to an activating group) is 1. The van der Waals surface area contributed by atoms with Crippen LogP contribution in [0.3, 0.4) is 0 Å². The molecule has 1 atom stereocenters. The highest BCUT2D eigenvalue weighted by Gasteiger charge is 2.30. The summed E-state index contributed by atoms with van der Waals surface area (Å²) in [6.45, 7) is -1.77. The molecule has 0 amide bonds. The average molecular weight is 470 g/mol. The largest absolute Gasteiger partial charge is 0.434 e. The summed E-state index contributed by atoms with van der Waals surface area (Å²) in [7, 11) is 1.95. The first-order chi connectivity index (χ1) is 15.9. The van der Waals surface area contributed by atoms with Gasteiger partial charge in [-0.3, -0.25) is 4.90 Å². The maximum Gasteiger partial charge on any atom is 0.387 e. The van der Waals surface area contributed by atoms with Gasteiger partial charge in [-0.25, -0.2) is 9.37 Å². The van der Waals surface area contributed by atoms with Crippen LogP contribution in [0.25, 0.3) is 22.2 Å². The molecular weight excluding hydrogens is 447 g/mol. The molecular formula is C25H22F3N3OS. The van der Waals surface area contributed by atoms with Gasteiger partial charge in [0.2, 0.25) is 0 Å². The molecule has 1 aromatic heterocycles. The van der Waals surface area contributed by atoms with Crippen molar-refractivity contribution >= 4 is 22.8 Å². The minimum Gasteiger partial charge on any atom is -0.434 e. The van der Waals surface area contributed by atoms with Gasteiger partial charge in [-0.15, -0.1) is 11.8 Å². The molecule has 5 rings (SSSR count). The lowest BCUT2D eigenvalue weighted by Gasteiger charge is -2.33. The Morgan fingerprint density at radius 2 is 1.85 bits per heavy atom. The summed E-state index contributed by atoms with van der Waals surface area (Å²) in [5.41, 5.74) is 3.20. The molecule has 0 radical (unpaired) electrons. The van der Waals surface area contributed by atoms with Crippen molar-refractivity contribution < 1.29 is 17.9 Å². The summed E-state index contributed by atoms with van der Waals surface area (Å²) in [5.74, 6) is 0.543. The summed E-state index contributed by atoms with van der Waals surface area (Å²) < 4.78 is 48.1. The Balaban J connectivity index is 1.68. The number of halogens is 3. The van der Waals surface area contributed by atoms with E-state index in [0.29, 0.717) is 29.7 Å². The number of hydrogen-bond acceptors (Lipinski definition) is 4. The molecule has 0 fully saturated rings. The SMILES string of the molecule is CSc1ccc(-c2cc3c(cc2F)nc2n3[C@@H](c3ccccc3OC(F)F)CN(C)C2)cc1. The molecule has 1 aliphatic heterocycles. The van der Waals surface area contributed by atoms with Crippen LogP contribution < -0.4 is 4.74 Å². The third-order valence-electron chi connectivity index (χ3n) is 5.95. The standard InChI is InChI=1S/C25H22F3N3OS/c1-30-13-22(17-5-3-4-6-23(17)32-25(27)28)31-21-11-18(15-7-9-16(33-2)10-8-15)19(26)12-20(21)29-24(31)14-30/h3-12,22,25H,13-14H2,1-2H3/t22-/m1/s1. The highest BCUT2D eigenvalue weighted by atomic mass is 32.2. The van der Waals surface area contributed by atoms with Crippen molar-refractivity contribution in [1.82, 2.24) is 14.5 Å². The summed E-state index contributed by atoms with van der Waals surface area (Å²) >= 11 is 1.63. The molecule has 0 unspecified atom stereocenters. The normalized spacial score (nSPS) is 16.4. The smallest absolute Gasteiger partial charge is 0.387 e. The van der Waals surface area contributed by atoms with Crippen molar-refractivity contribution in [1.29, 1.82) is 0 Å². The molecule has 2 heterocycles. The van der Waals surface area contributed by atoms with Crippen LogP contribution in [0, 0.1) is 5.82 Å². The number of benzene rings is 3. The molecule has 0 saturated heterocycles. The number of ether oxygens (including phenoxy) is 1. The Bertz CT molecular complexity index is 1310. The number of alkyl halides is 2. The van der Waals surface area contributed by atoms with E-state index in [1.165, 1.54) is 6.07 Å². The molecule has 1 aliphatic rings. The number of thioether (sulfide) groups is 1. The van der Waals surface area contributed by atoms with Crippen LogP contribution in [0.5, 0.6) is 5.75 Å². The van der Waals surface area contributed by atoms with Gasteiger partial charge in [0.05, 0.1) is 23.6 Å². The minimum atomic E-state index is -2.92. The fourth-order valence-corrected chi connectivity index (χ4v) is 4.90. The van der Waals surface area contributed by atoms with Crippen LogP contribution in [-0.2, 0) is 6.54 Å². The Labute approximate surface area is 194 Å². The Morgan fingerprint density at radius 3 is 2.58 bits per heavy atom. The second-order valence-electron chi connectivity index (χ2n) is 8.08. The predicted molar refractivity (Wildman–Crippen MR) is 124 cm³/mol. The number of para-hydroxylation sites is 1. The van der Waals surface area contributed by atoms with E-state index in [2.05, 4.69) is 9.88 Å². The summed E-state index contributed by atoms with van der Waals surface area (Å²) in [4.78, 5) is 7.85. The van der Waals surface area contributed by atoms with Crippen LogP contribution in [-0.4, -0.2) is 40.9 Å². The molecule has 0 saturated carbocycles. The van der Waals surface area contributed by atoms with Crippen LogP contribution >= 0.6 is 11.8 Å². The van der Waals surface area contributed by atoms with Crippen LogP contribution in [0.2, 0.25) is 0 Å². The number of fused-ring (bicyclic) bond motifs is 3. The van der Waals surface area contributed by atoms with Crippen LogP contribution in [0.4, 0.5) is 13.2 Å². The first-order valence-electron chi connectivity index (χ1n) is 10.5. The van der Waals surface area contributed by atoms with Crippen molar-refractivity contribution in [3.63, 3.8) is 0 Å². The number of aromatic nitrogens is 2. The predicted octanol–water partition coefficient (Wildman–Crippen LogP) is 6.20. The average Bonchev–Trinajstić information content (AvgIpc) is 3.14. The second kappa shape index (κ2) is 8.76. The molecule has 0 spiro atoms. The molecule has 4 nitrogen and oxygen atoms in total. The number of nitrogens with zero attached hydrogens (tertiary/aromatic N) is 3. The molecule has 170 valence electrons.